The van der Waals surface area contributed by atoms with Crippen LogP contribution in [0.2, 0.25) is 5.15 Å². The summed E-state index contributed by atoms with van der Waals surface area (Å²) in [7, 11) is 0. The second-order valence-electron chi connectivity index (χ2n) is 3.09. The predicted molar refractivity (Wildman–Crippen MR) is 50.2 cm³/mol. The van der Waals surface area contributed by atoms with Gasteiger partial charge in [0, 0.05) is 5.92 Å². The lowest BCUT2D eigenvalue weighted by molar-refractivity contribution is 0.337. The lowest BCUT2D eigenvalue weighted by atomic mass is 10.4. The largest absolute Gasteiger partial charge is 0.489 e. The lowest BCUT2D eigenvalue weighted by Gasteiger charge is -2.04. The fraction of sp³-hybridized carbons (Fsp3) is 0.556. The molecule has 70 valence electrons. The van der Waals surface area contributed by atoms with Gasteiger partial charge in [0.2, 0.25) is 0 Å². The zero-order chi connectivity index (χ0) is 9.26. The molecule has 1 fully saturated rings. The first kappa shape index (κ1) is 8.75. The van der Waals surface area contributed by atoms with E-state index in [2.05, 4.69) is 9.97 Å². The molecule has 1 heterocycles. The molecule has 0 aliphatic heterocycles. The third-order valence-electron chi connectivity index (χ3n) is 1.97. The number of nitrogens with zero attached hydrogens (tertiary/aromatic N) is 2. The molecular formula is C9H11ClN2O. The van der Waals surface area contributed by atoms with Gasteiger partial charge in [-0.05, 0) is 19.8 Å². The molecule has 0 radical (unpaired) electrons. The van der Waals surface area contributed by atoms with Crippen LogP contribution in [-0.2, 0) is 0 Å². The van der Waals surface area contributed by atoms with Crippen molar-refractivity contribution in [2.75, 3.05) is 6.61 Å². The highest BCUT2D eigenvalue weighted by atomic mass is 35.5. The monoisotopic (exact) mass is 198 g/mol. The van der Waals surface area contributed by atoms with E-state index < -0.39 is 0 Å². The van der Waals surface area contributed by atoms with Gasteiger partial charge in [0.1, 0.15) is 5.82 Å². The van der Waals surface area contributed by atoms with Crippen LogP contribution in [0.4, 0.5) is 0 Å². The third kappa shape index (κ3) is 1.91. The van der Waals surface area contributed by atoms with Crippen LogP contribution >= 0.6 is 11.6 Å². The van der Waals surface area contributed by atoms with E-state index >= 15 is 0 Å². The fourth-order valence-electron chi connectivity index (χ4n) is 1.15. The van der Waals surface area contributed by atoms with Gasteiger partial charge < -0.3 is 4.74 Å². The fourth-order valence-corrected chi connectivity index (χ4v) is 1.34. The average Bonchev–Trinajstić information content (AvgIpc) is 2.91. The second kappa shape index (κ2) is 3.50. The average molecular weight is 199 g/mol. The first-order valence-corrected chi connectivity index (χ1v) is 4.84. The molecule has 0 atom stereocenters. The standard InChI is InChI=1S/C9H11ClN2O/c1-2-13-7-5-11-9(6-3-4-6)12-8(7)10/h5-6H,2-4H2,1H3. The topological polar surface area (TPSA) is 35.0 Å². The van der Waals surface area contributed by atoms with Gasteiger partial charge in [-0.25, -0.2) is 9.97 Å². The number of halogens is 1. The smallest absolute Gasteiger partial charge is 0.174 e. The van der Waals surface area contributed by atoms with E-state index in [4.69, 9.17) is 16.3 Å². The van der Waals surface area contributed by atoms with Crippen molar-refractivity contribution in [2.24, 2.45) is 0 Å². The normalized spacial score (nSPS) is 15.8. The molecule has 13 heavy (non-hydrogen) atoms. The summed E-state index contributed by atoms with van der Waals surface area (Å²) in [5.41, 5.74) is 0. The van der Waals surface area contributed by atoms with Gasteiger partial charge in [0.15, 0.2) is 10.9 Å². The van der Waals surface area contributed by atoms with E-state index in [1.165, 1.54) is 12.8 Å². The zero-order valence-electron chi connectivity index (χ0n) is 7.46. The van der Waals surface area contributed by atoms with Crippen molar-refractivity contribution in [3.05, 3.63) is 17.2 Å². The molecule has 1 aromatic heterocycles. The highest BCUT2D eigenvalue weighted by molar-refractivity contribution is 6.30. The summed E-state index contributed by atoms with van der Waals surface area (Å²) < 4.78 is 5.23. The van der Waals surface area contributed by atoms with Gasteiger partial charge in [-0.2, -0.15) is 0 Å². The van der Waals surface area contributed by atoms with Crippen molar-refractivity contribution in [3.63, 3.8) is 0 Å². The number of ether oxygens (including phenoxy) is 1. The molecule has 0 saturated heterocycles. The Hall–Kier alpha value is -0.830. The summed E-state index contributed by atoms with van der Waals surface area (Å²) in [6.45, 7) is 2.50. The van der Waals surface area contributed by atoms with Crippen molar-refractivity contribution in [3.8, 4) is 5.75 Å². The maximum Gasteiger partial charge on any atom is 0.174 e. The minimum atomic E-state index is 0.429. The second-order valence-corrected chi connectivity index (χ2v) is 3.45. The summed E-state index contributed by atoms with van der Waals surface area (Å²) in [5, 5.41) is 0.429. The van der Waals surface area contributed by atoms with Gasteiger partial charge in [-0.3, -0.25) is 0 Å². The van der Waals surface area contributed by atoms with Crippen molar-refractivity contribution < 1.29 is 4.74 Å². The van der Waals surface area contributed by atoms with E-state index in [0.717, 1.165) is 5.82 Å². The van der Waals surface area contributed by atoms with Gasteiger partial charge in [0.25, 0.3) is 0 Å². The van der Waals surface area contributed by atoms with Gasteiger partial charge >= 0.3 is 0 Å². The number of hydrogen-bond donors (Lipinski definition) is 0. The summed E-state index contributed by atoms with van der Waals surface area (Å²) in [4.78, 5) is 8.38. The molecule has 1 aliphatic carbocycles. The molecular weight excluding hydrogens is 188 g/mol. The maximum absolute atomic E-state index is 5.90. The van der Waals surface area contributed by atoms with E-state index in [1.54, 1.807) is 6.20 Å². The summed E-state index contributed by atoms with van der Waals surface area (Å²) in [6, 6.07) is 0. The SMILES string of the molecule is CCOc1cnc(C2CC2)nc1Cl. The summed E-state index contributed by atoms with van der Waals surface area (Å²) >= 11 is 5.90. The summed E-state index contributed by atoms with van der Waals surface area (Å²) in [6.07, 6.45) is 4.03. The molecule has 4 heteroatoms. The molecule has 1 aliphatic rings. The molecule has 0 N–H and O–H groups in total. The number of aromatic nitrogens is 2. The molecule has 0 spiro atoms. The molecule has 1 aromatic rings. The highest BCUT2D eigenvalue weighted by Gasteiger charge is 2.27. The van der Waals surface area contributed by atoms with E-state index in [1.807, 2.05) is 6.92 Å². The minimum Gasteiger partial charge on any atom is -0.489 e. The van der Waals surface area contributed by atoms with Crippen LogP contribution in [0.25, 0.3) is 0 Å². The Morgan fingerprint density at radius 3 is 2.92 bits per heavy atom. The van der Waals surface area contributed by atoms with E-state index in [9.17, 15) is 0 Å². The first-order valence-electron chi connectivity index (χ1n) is 4.46. The molecule has 0 bridgehead atoms. The summed E-state index contributed by atoms with van der Waals surface area (Å²) in [5.74, 6) is 1.97. The van der Waals surface area contributed by atoms with E-state index in [0.29, 0.717) is 23.4 Å². The Morgan fingerprint density at radius 2 is 2.38 bits per heavy atom. The molecule has 0 unspecified atom stereocenters. The lowest BCUT2D eigenvalue weighted by Crippen LogP contribution is -1.98. The van der Waals surface area contributed by atoms with Crippen LogP contribution in [-0.4, -0.2) is 16.6 Å². The Morgan fingerprint density at radius 1 is 1.62 bits per heavy atom. The Kier molecular flexibility index (Phi) is 2.36. The van der Waals surface area contributed by atoms with Crippen LogP contribution in [0, 0.1) is 0 Å². The molecule has 3 nitrogen and oxygen atoms in total. The quantitative estimate of drug-likeness (QED) is 0.700. The number of rotatable bonds is 3. The molecule has 2 rings (SSSR count). The van der Waals surface area contributed by atoms with Gasteiger partial charge in [0.05, 0.1) is 12.8 Å². The van der Waals surface area contributed by atoms with Crippen molar-refractivity contribution >= 4 is 11.6 Å². The number of hydrogen-bond acceptors (Lipinski definition) is 3. The van der Waals surface area contributed by atoms with Crippen molar-refractivity contribution in [2.45, 2.75) is 25.7 Å². The molecule has 0 amide bonds. The van der Waals surface area contributed by atoms with Crippen molar-refractivity contribution in [1.29, 1.82) is 0 Å². The van der Waals surface area contributed by atoms with Crippen LogP contribution < -0.4 is 4.74 Å². The Labute approximate surface area is 82.1 Å². The van der Waals surface area contributed by atoms with E-state index in [-0.39, 0.29) is 0 Å². The van der Waals surface area contributed by atoms with Gasteiger partial charge in [-0.15, -0.1) is 0 Å². The van der Waals surface area contributed by atoms with Crippen LogP contribution in [0.5, 0.6) is 5.75 Å². The highest BCUT2D eigenvalue weighted by Crippen LogP contribution is 2.39. The Balaban J connectivity index is 2.21. The molecule has 1 saturated carbocycles. The third-order valence-corrected chi connectivity index (χ3v) is 2.24. The van der Waals surface area contributed by atoms with Crippen LogP contribution in [0.3, 0.4) is 0 Å². The zero-order valence-corrected chi connectivity index (χ0v) is 8.21. The maximum atomic E-state index is 5.90. The van der Waals surface area contributed by atoms with Gasteiger partial charge in [-0.1, -0.05) is 11.6 Å². The Bertz CT molecular complexity index is 312. The van der Waals surface area contributed by atoms with Crippen molar-refractivity contribution in [1.82, 2.24) is 9.97 Å². The first-order chi connectivity index (χ1) is 6.31. The minimum absolute atomic E-state index is 0.429. The molecule has 0 aromatic carbocycles. The predicted octanol–water partition coefficient (Wildman–Crippen LogP) is 2.41. The van der Waals surface area contributed by atoms with Crippen LogP contribution in [0.15, 0.2) is 6.20 Å². The van der Waals surface area contributed by atoms with Crippen LogP contribution in [0.1, 0.15) is 31.5 Å².